The summed E-state index contributed by atoms with van der Waals surface area (Å²) in [5.41, 5.74) is 3.45. The highest BCUT2D eigenvalue weighted by Crippen LogP contribution is 2.43. The van der Waals surface area contributed by atoms with Crippen molar-refractivity contribution in [3.63, 3.8) is 0 Å². The number of benzene rings is 1. The average Bonchev–Trinajstić information content (AvgIpc) is 2.25. The molecule has 0 atom stereocenters. The lowest BCUT2D eigenvalue weighted by molar-refractivity contribution is 0.129. The van der Waals surface area contributed by atoms with Crippen molar-refractivity contribution < 1.29 is 0 Å². The Hall–Kier alpha value is -0.820. The fourth-order valence-corrected chi connectivity index (χ4v) is 2.97. The predicted molar refractivity (Wildman–Crippen MR) is 78.9 cm³/mol. The summed E-state index contributed by atoms with van der Waals surface area (Å²) in [4.78, 5) is 0. The first-order valence-electron chi connectivity index (χ1n) is 7.36. The summed E-state index contributed by atoms with van der Waals surface area (Å²) in [6.07, 6.45) is 5.45. The third-order valence-electron chi connectivity index (χ3n) is 4.13. The second kappa shape index (κ2) is 5.88. The molecule has 1 aromatic carbocycles. The molecule has 0 bridgehead atoms. The van der Waals surface area contributed by atoms with Crippen LogP contribution >= 0.6 is 0 Å². The smallest absolute Gasteiger partial charge is 0.00111 e. The Labute approximate surface area is 112 Å². The van der Waals surface area contributed by atoms with E-state index in [1.54, 1.807) is 0 Å². The number of aryl methyl sites for hydroxylation is 1. The summed E-state index contributed by atoms with van der Waals surface area (Å²) in [5.74, 6) is 0.751. The van der Waals surface area contributed by atoms with Crippen LogP contribution in [0.5, 0.6) is 0 Å². The van der Waals surface area contributed by atoms with Crippen LogP contribution in [0.25, 0.3) is 0 Å². The van der Waals surface area contributed by atoms with Crippen LogP contribution in [0.3, 0.4) is 0 Å². The van der Waals surface area contributed by atoms with E-state index < -0.39 is 0 Å². The molecule has 100 valence electrons. The van der Waals surface area contributed by atoms with E-state index in [9.17, 15) is 0 Å². The van der Waals surface area contributed by atoms with Crippen molar-refractivity contribution >= 4 is 0 Å². The maximum Gasteiger partial charge on any atom is 0.00111 e. The molecule has 0 heterocycles. The van der Waals surface area contributed by atoms with Gasteiger partial charge < -0.3 is 5.32 Å². The fourth-order valence-electron chi connectivity index (χ4n) is 2.97. The molecule has 0 radical (unpaired) electrons. The molecular formula is C17H27N. The number of hydrogen-bond acceptors (Lipinski definition) is 1. The lowest BCUT2D eigenvalue weighted by Gasteiger charge is -2.42. The van der Waals surface area contributed by atoms with Gasteiger partial charge in [-0.3, -0.25) is 0 Å². The van der Waals surface area contributed by atoms with Crippen molar-refractivity contribution in [3.05, 3.63) is 35.4 Å². The van der Waals surface area contributed by atoms with Crippen molar-refractivity contribution in [2.45, 2.75) is 46.5 Å². The Morgan fingerprint density at radius 2 is 2.06 bits per heavy atom. The van der Waals surface area contributed by atoms with Gasteiger partial charge in [0.15, 0.2) is 0 Å². The summed E-state index contributed by atoms with van der Waals surface area (Å²) in [7, 11) is 0. The molecule has 0 spiro atoms. The van der Waals surface area contributed by atoms with E-state index in [2.05, 4.69) is 50.4 Å². The first-order valence-corrected chi connectivity index (χ1v) is 7.36. The van der Waals surface area contributed by atoms with Crippen LogP contribution < -0.4 is 5.32 Å². The van der Waals surface area contributed by atoms with E-state index in [1.165, 1.54) is 43.4 Å². The minimum atomic E-state index is 0.544. The predicted octanol–water partition coefficient (Wildman–Crippen LogP) is 3.95. The molecule has 18 heavy (non-hydrogen) atoms. The van der Waals surface area contributed by atoms with Crippen molar-refractivity contribution in [2.24, 2.45) is 11.3 Å². The molecule has 1 fully saturated rings. The Morgan fingerprint density at radius 1 is 1.28 bits per heavy atom. The van der Waals surface area contributed by atoms with Gasteiger partial charge in [0.2, 0.25) is 0 Å². The molecule has 0 aliphatic heterocycles. The molecule has 1 aliphatic rings. The van der Waals surface area contributed by atoms with Crippen LogP contribution in [-0.2, 0) is 6.42 Å². The summed E-state index contributed by atoms with van der Waals surface area (Å²) in [6.45, 7) is 9.09. The van der Waals surface area contributed by atoms with E-state index in [-0.39, 0.29) is 0 Å². The Kier molecular flexibility index (Phi) is 4.45. The van der Waals surface area contributed by atoms with E-state index in [1.807, 2.05) is 0 Å². The Bertz CT molecular complexity index is 377. The second-order valence-corrected chi connectivity index (χ2v) is 6.54. The zero-order chi connectivity index (χ0) is 13.0. The molecule has 0 aromatic heterocycles. The zero-order valence-electron chi connectivity index (χ0n) is 12.1. The summed E-state index contributed by atoms with van der Waals surface area (Å²) >= 11 is 0. The SMILES string of the molecule is Cc1cccc(CC2(CNCC(C)C)CCC2)c1. The zero-order valence-corrected chi connectivity index (χ0v) is 12.1. The van der Waals surface area contributed by atoms with Crippen molar-refractivity contribution in [1.82, 2.24) is 5.32 Å². The molecule has 0 amide bonds. The van der Waals surface area contributed by atoms with E-state index in [4.69, 9.17) is 0 Å². The first-order chi connectivity index (χ1) is 8.60. The van der Waals surface area contributed by atoms with Gasteiger partial charge in [0.1, 0.15) is 0 Å². The first kappa shape index (κ1) is 13.6. The van der Waals surface area contributed by atoms with E-state index in [0.717, 1.165) is 12.5 Å². The van der Waals surface area contributed by atoms with Crippen molar-refractivity contribution in [3.8, 4) is 0 Å². The molecule has 1 heteroatoms. The summed E-state index contributed by atoms with van der Waals surface area (Å²) in [6, 6.07) is 9.02. The minimum Gasteiger partial charge on any atom is -0.316 e. The lowest BCUT2D eigenvalue weighted by Crippen LogP contribution is -2.42. The Morgan fingerprint density at radius 3 is 2.61 bits per heavy atom. The van der Waals surface area contributed by atoms with Gasteiger partial charge in [0, 0.05) is 6.54 Å². The highest BCUT2D eigenvalue weighted by Gasteiger charge is 2.36. The molecule has 1 aliphatic carbocycles. The van der Waals surface area contributed by atoms with Crippen LogP contribution in [0.4, 0.5) is 0 Å². The van der Waals surface area contributed by atoms with Crippen LogP contribution in [-0.4, -0.2) is 13.1 Å². The summed E-state index contributed by atoms with van der Waals surface area (Å²) in [5, 5.41) is 3.66. The number of hydrogen-bond donors (Lipinski definition) is 1. The normalized spacial score (nSPS) is 17.8. The fraction of sp³-hybridized carbons (Fsp3) is 0.647. The number of rotatable bonds is 6. The van der Waals surface area contributed by atoms with Gasteiger partial charge in [-0.1, -0.05) is 50.1 Å². The molecule has 1 N–H and O–H groups in total. The van der Waals surface area contributed by atoms with Gasteiger partial charge in [0.05, 0.1) is 0 Å². The average molecular weight is 245 g/mol. The van der Waals surface area contributed by atoms with Crippen LogP contribution in [0, 0.1) is 18.3 Å². The van der Waals surface area contributed by atoms with Gasteiger partial charge in [-0.15, -0.1) is 0 Å². The maximum absolute atomic E-state index is 3.66. The van der Waals surface area contributed by atoms with E-state index >= 15 is 0 Å². The molecule has 2 rings (SSSR count). The Balaban J connectivity index is 1.91. The van der Waals surface area contributed by atoms with Gasteiger partial charge in [0.25, 0.3) is 0 Å². The largest absolute Gasteiger partial charge is 0.316 e. The molecule has 0 unspecified atom stereocenters. The van der Waals surface area contributed by atoms with Crippen LogP contribution in [0.1, 0.15) is 44.2 Å². The molecular weight excluding hydrogens is 218 g/mol. The van der Waals surface area contributed by atoms with Crippen molar-refractivity contribution in [1.29, 1.82) is 0 Å². The molecule has 1 saturated carbocycles. The quantitative estimate of drug-likeness (QED) is 0.800. The molecule has 1 aromatic rings. The maximum atomic E-state index is 3.66. The van der Waals surface area contributed by atoms with Crippen LogP contribution in [0.2, 0.25) is 0 Å². The highest BCUT2D eigenvalue weighted by molar-refractivity contribution is 5.24. The standard InChI is InChI=1S/C17H27N/c1-14(2)12-18-13-17(8-5-9-17)11-16-7-4-6-15(3)10-16/h4,6-7,10,14,18H,5,8-9,11-13H2,1-3H3. The minimum absolute atomic E-state index is 0.544. The van der Waals surface area contributed by atoms with Crippen LogP contribution in [0.15, 0.2) is 24.3 Å². The molecule has 1 nitrogen and oxygen atoms in total. The monoisotopic (exact) mass is 245 g/mol. The van der Waals surface area contributed by atoms with E-state index in [0.29, 0.717) is 5.41 Å². The van der Waals surface area contributed by atoms with Gasteiger partial charge in [-0.25, -0.2) is 0 Å². The lowest BCUT2D eigenvalue weighted by atomic mass is 9.65. The van der Waals surface area contributed by atoms with Gasteiger partial charge in [-0.05, 0) is 49.6 Å². The number of nitrogens with one attached hydrogen (secondary N) is 1. The van der Waals surface area contributed by atoms with Gasteiger partial charge in [-0.2, -0.15) is 0 Å². The summed E-state index contributed by atoms with van der Waals surface area (Å²) < 4.78 is 0. The molecule has 0 saturated heterocycles. The third-order valence-corrected chi connectivity index (χ3v) is 4.13. The van der Waals surface area contributed by atoms with Gasteiger partial charge >= 0.3 is 0 Å². The topological polar surface area (TPSA) is 12.0 Å². The third kappa shape index (κ3) is 3.58. The second-order valence-electron chi connectivity index (χ2n) is 6.54. The van der Waals surface area contributed by atoms with Crippen molar-refractivity contribution in [2.75, 3.05) is 13.1 Å². The highest BCUT2D eigenvalue weighted by atomic mass is 14.9.